The van der Waals surface area contributed by atoms with E-state index < -0.39 is 0 Å². The van der Waals surface area contributed by atoms with Gasteiger partial charge in [-0.2, -0.15) is 0 Å². The van der Waals surface area contributed by atoms with Gasteiger partial charge >= 0.3 is 5.97 Å². The lowest BCUT2D eigenvalue weighted by Gasteiger charge is -2.41. The summed E-state index contributed by atoms with van der Waals surface area (Å²) < 4.78 is 17.7. The maximum atomic E-state index is 12.9. The molecule has 1 atom stereocenters. The molecule has 1 aromatic carbocycles. The average molecular weight is 223 g/mol. The SMILES string of the molecule is COC(=O)C1CCN1c1ccc(F)cc1C. The van der Waals surface area contributed by atoms with Crippen molar-refractivity contribution in [1.29, 1.82) is 0 Å². The highest BCUT2D eigenvalue weighted by Crippen LogP contribution is 2.30. The van der Waals surface area contributed by atoms with Crippen LogP contribution in [0.25, 0.3) is 0 Å². The van der Waals surface area contributed by atoms with E-state index in [4.69, 9.17) is 4.74 Å². The van der Waals surface area contributed by atoms with Crippen molar-refractivity contribution in [1.82, 2.24) is 0 Å². The van der Waals surface area contributed by atoms with Gasteiger partial charge in [-0.1, -0.05) is 0 Å². The molecule has 1 heterocycles. The van der Waals surface area contributed by atoms with Gasteiger partial charge in [0, 0.05) is 12.2 Å². The summed E-state index contributed by atoms with van der Waals surface area (Å²) in [4.78, 5) is 13.4. The molecule has 1 unspecified atom stereocenters. The van der Waals surface area contributed by atoms with Gasteiger partial charge < -0.3 is 9.64 Å². The molecule has 0 aliphatic carbocycles. The Balaban J connectivity index is 2.22. The number of carbonyl (C=O) groups excluding carboxylic acids is 1. The van der Waals surface area contributed by atoms with Crippen LogP contribution in [0, 0.1) is 12.7 Å². The largest absolute Gasteiger partial charge is 0.467 e. The summed E-state index contributed by atoms with van der Waals surface area (Å²) in [7, 11) is 1.39. The minimum atomic E-state index is -0.253. The first-order chi connectivity index (χ1) is 7.63. The first kappa shape index (κ1) is 10.9. The molecule has 4 heteroatoms. The summed E-state index contributed by atoms with van der Waals surface area (Å²) in [6.07, 6.45) is 0.795. The van der Waals surface area contributed by atoms with Crippen LogP contribution < -0.4 is 4.90 Å². The van der Waals surface area contributed by atoms with E-state index in [1.807, 2.05) is 11.8 Å². The van der Waals surface area contributed by atoms with E-state index in [0.717, 1.165) is 24.2 Å². The van der Waals surface area contributed by atoms with E-state index in [0.29, 0.717) is 0 Å². The van der Waals surface area contributed by atoms with E-state index in [1.54, 1.807) is 6.07 Å². The third-order valence-electron chi connectivity index (χ3n) is 2.96. The lowest BCUT2D eigenvalue weighted by molar-refractivity contribution is -0.143. The molecule has 1 aliphatic heterocycles. The number of esters is 1. The summed E-state index contributed by atoms with van der Waals surface area (Å²) in [5, 5.41) is 0. The summed E-state index contributed by atoms with van der Waals surface area (Å²) in [6.45, 7) is 2.65. The average Bonchev–Trinajstić information content (AvgIpc) is 2.20. The van der Waals surface area contributed by atoms with Crippen molar-refractivity contribution in [3.05, 3.63) is 29.6 Å². The number of halogens is 1. The molecule has 0 N–H and O–H groups in total. The third kappa shape index (κ3) is 1.75. The number of ether oxygens (including phenoxy) is 1. The number of rotatable bonds is 2. The molecule has 0 spiro atoms. The predicted molar refractivity (Wildman–Crippen MR) is 58.9 cm³/mol. The van der Waals surface area contributed by atoms with Crippen molar-refractivity contribution in [3.8, 4) is 0 Å². The second-order valence-electron chi connectivity index (χ2n) is 3.95. The first-order valence-corrected chi connectivity index (χ1v) is 5.24. The second kappa shape index (κ2) is 4.12. The quantitative estimate of drug-likeness (QED) is 0.717. The molecule has 1 fully saturated rings. The Bertz CT molecular complexity index is 419. The van der Waals surface area contributed by atoms with Crippen molar-refractivity contribution in [2.24, 2.45) is 0 Å². The van der Waals surface area contributed by atoms with Crippen LogP contribution >= 0.6 is 0 Å². The molecule has 0 bridgehead atoms. The van der Waals surface area contributed by atoms with Crippen LogP contribution in [0.2, 0.25) is 0 Å². The number of methoxy groups -OCH3 is 1. The number of hydrogen-bond donors (Lipinski definition) is 0. The molecule has 2 rings (SSSR count). The van der Waals surface area contributed by atoms with Crippen LogP contribution in [-0.2, 0) is 9.53 Å². The summed E-state index contributed by atoms with van der Waals surface area (Å²) in [5.41, 5.74) is 1.75. The number of benzene rings is 1. The number of carbonyl (C=O) groups is 1. The monoisotopic (exact) mass is 223 g/mol. The van der Waals surface area contributed by atoms with Gasteiger partial charge in [0.2, 0.25) is 0 Å². The Morgan fingerprint density at radius 1 is 1.56 bits per heavy atom. The summed E-state index contributed by atoms with van der Waals surface area (Å²) >= 11 is 0. The Morgan fingerprint density at radius 3 is 2.81 bits per heavy atom. The number of nitrogens with zero attached hydrogens (tertiary/aromatic N) is 1. The molecular formula is C12H14FNO2. The predicted octanol–water partition coefficient (Wildman–Crippen LogP) is 1.89. The van der Waals surface area contributed by atoms with Crippen LogP contribution in [0.3, 0.4) is 0 Å². The standard InChI is InChI=1S/C12H14FNO2/c1-8-7-9(13)3-4-10(8)14-6-5-11(14)12(15)16-2/h3-4,7,11H,5-6H2,1-2H3. The normalized spacial score (nSPS) is 19.2. The fourth-order valence-corrected chi connectivity index (χ4v) is 2.00. The molecule has 0 amide bonds. The van der Waals surface area contributed by atoms with Gasteiger partial charge in [0.15, 0.2) is 0 Å². The molecule has 0 aromatic heterocycles. The fourth-order valence-electron chi connectivity index (χ4n) is 2.00. The summed E-state index contributed by atoms with van der Waals surface area (Å²) in [6, 6.07) is 4.38. The summed E-state index contributed by atoms with van der Waals surface area (Å²) in [5.74, 6) is -0.480. The van der Waals surface area contributed by atoms with E-state index in [9.17, 15) is 9.18 Å². The fraction of sp³-hybridized carbons (Fsp3) is 0.417. The van der Waals surface area contributed by atoms with Gasteiger partial charge in [-0.25, -0.2) is 9.18 Å². The van der Waals surface area contributed by atoms with Crippen LogP contribution in [0.1, 0.15) is 12.0 Å². The molecule has 1 saturated heterocycles. The molecule has 1 aliphatic rings. The van der Waals surface area contributed by atoms with Crippen molar-refractivity contribution < 1.29 is 13.9 Å². The highest BCUT2D eigenvalue weighted by molar-refractivity contribution is 5.82. The highest BCUT2D eigenvalue weighted by atomic mass is 19.1. The van der Waals surface area contributed by atoms with E-state index in [-0.39, 0.29) is 17.8 Å². The number of hydrogen-bond acceptors (Lipinski definition) is 3. The Hall–Kier alpha value is -1.58. The Kier molecular flexibility index (Phi) is 2.81. The van der Waals surface area contributed by atoms with Gasteiger partial charge in [0.1, 0.15) is 11.9 Å². The topological polar surface area (TPSA) is 29.5 Å². The lowest BCUT2D eigenvalue weighted by atomic mass is 10.00. The number of anilines is 1. The van der Waals surface area contributed by atoms with Crippen molar-refractivity contribution >= 4 is 11.7 Å². The molecule has 86 valence electrons. The highest BCUT2D eigenvalue weighted by Gasteiger charge is 2.35. The Morgan fingerprint density at radius 2 is 2.31 bits per heavy atom. The van der Waals surface area contributed by atoms with Gasteiger partial charge in [-0.15, -0.1) is 0 Å². The van der Waals surface area contributed by atoms with Crippen molar-refractivity contribution in [2.75, 3.05) is 18.6 Å². The smallest absolute Gasteiger partial charge is 0.328 e. The molecule has 0 saturated carbocycles. The van der Waals surface area contributed by atoms with Gasteiger partial charge in [0.05, 0.1) is 7.11 Å². The van der Waals surface area contributed by atoms with Gasteiger partial charge in [-0.3, -0.25) is 0 Å². The number of aryl methyl sites for hydroxylation is 1. The van der Waals surface area contributed by atoms with Crippen LogP contribution in [0.4, 0.5) is 10.1 Å². The minimum absolute atomic E-state index is 0.214. The lowest BCUT2D eigenvalue weighted by Crippen LogP contribution is -2.53. The van der Waals surface area contributed by atoms with E-state index >= 15 is 0 Å². The zero-order chi connectivity index (χ0) is 11.7. The molecule has 0 radical (unpaired) electrons. The maximum Gasteiger partial charge on any atom is 0.328 e. The van der Waals surface area contributed by atoms with Crippen LogP contribution in [0.15, 0.2) is 18.2 Å². The second-order valence-corrected chi connectivity index (χ2v) is 3.95. The molecular weight excluding hydrogens is 209 g/mol. The molecule has 1 aromatic rings. The van der Waals surface area contributed by atoms with Crippen molar-refractivity contribution in [2.45, 2.75) is 19.4 Å². The Labute approximate surface area is 93.8 Å². The van der Waals surface area contributed by atoms with Gasteiger partial charge in [0.25, 0.3) is 0 Å². The maximum absolute atomic E-state index is 12.9. The van der Waals surface area contributed by atoms with E-state index in [2.05, 4.69) is 0 Å². The minimum Gasteiger partial charge on any atom is -0.467 e. The van der Waals surface area contributed by atoms with Crippen LogP contribution in [0.5, 0.6) is 0 Å². The van der Waals surface area contributed by atoms with Crippen LogP contribution in [-0.4, -0.2) is 25.7 Å². The zero-order valence-corrected chi connectivity index (χ0v) is 9.37. The van der Waals surface area contributed by atoms with Crippen molar-refractivity contribution in [3.63, 3.8) is 0 Å². The zero-order valence-electron chi connectivity index (χ0n) is 9.37. The molecule has 3 nitrogen and oxygen atoms in total. The molecule has 16 heavy (non-hydrogen) atoms. The third-order valence-corrected chi connectivity index (χ3v) is 2.96. The van der Waals surface area contributed by atoms with Gasteiger partial charge in [-0.05, 0) is 37.1 Å². The first-order valence-electron chi connectivity index (χ1n) is 5.24. The van der Waals surface area contributed by atoms with E-state index in [1.165, 1.54) is 19.2 Å².